The fraction of sp³-hybridized carbons (Fsp3) is 0.830. The molecule has 0 saturated carbocycles. The molecule has 0 bridgehead atoms. The van der Waals surface area contributed by atoms with Gasteiger partial charge in [0.25, 0.3) is 0 Å². The van der Waals surface area contributed by atoms with Crippen LogP contribution in [-0.2, 0) is 44.4 Å². The van der Waals surface area contributed by atoms with Gasteiger partial charge in [-0.2, -0.15) is 0 Å². The highest BCUT2D eigenvalue weighted by Crippen LogP contribution is 2.39. The topological polar surface area (TPSA) is 220 Å². The molecular weight excluding hydrogens is 966 g/mol. The Labute approximate surface area is 437 Å². The molecule has 0 aliphatic carbocycles. The number of carbonyl (C=O) groups is 1. The molecule has 3 aliphatic rings. The van der Waals surface area contributed by atoms with Gasteiger partial charge in [0.15, 0.2) is 12.6 Å². The number of esters is 1. The van der Waals surface area contributed by atoms with Crippen LogP contribution >= 0.6 is 11.8 Å². The van der Waals surface area contributed by atoms with Gasteiger partial charge in [-0.1, -0.05) is 45.0 Å². The second kappa shape index (κ2) is 26.3. The first-order chi connectivity index (χ1) is 34.2. The van der Waals surface area contributed by atoms with Crippen LogP contribution in [0, 0.1) is 11.8 Å². The number of ether oxygens (including phenoxy) is 7. The predicted octanol–water partition coefficient (Wildman–Crippen LogP) is 5.26. The van der Waals surface area contributed by atoms with E-state index in [2.05, 4.69) is 24.2 Å². The van der Waals surface area contributed by atoms with Crippen molar-refractivity contribution in [3.8, 4) is 0 Å². The van der Waals surface area contributed by atoms with Gasteiger partial charge in [0.1, 0.15) is 48.8 Å². The SMILES string of the molecule is CC[C@H]1OC(=O)[C@H](C)[C@@H](O[C@H]2C[C@@](C)(OC)[C@@H](O)[C@H](C)O2)C[C@@H](O[C@@H]2O[C@H](C)C[C@H](N(C)CCc3cn([C@H](CF)[C@H](OC)c4ccc(SC(C)C)cc4)nn3)[C@H]2O)[C@](C)(O)C[C@@H](C)CN(C)[C@H](C)[C@@H](O)[C@]1(C)O. The Kier molecular flexibility index (Phi) is 22.1. The molecular formula is C53H90FN5O13S. The zero-order valence-electron chi connectivity index (χ0n) is 46.1. The Morgan fingerprint density at radius 3 is 2.25 bits per heavy atom. The van der Waals surface area contributed by atoms with E-state index in [9.17, 15) is 34.7 Å². The van der Waals surface area contributed by atoms with E-state index < -0.39 is 121 Å². The highest BCUT2D eigenvalue weighted by atomic mass is 32.2. The second-order valence-electron chi connectivity index (χ2n) is 22.3. The summed E-state index contributed by atoms with van der Waals surface area (Å²) in [6, 6.07) is 6.14. The summed E-state index contributed by atoms with van der Waals surface area (Å²) in [4.78, 5) is 19.4. The molecule has 1 aromatic heterocycles. The third-order valence-corrected chi connectivity index (χ3v) is 16.7. The quantitative estimate of drug-likeness (QED) is 0.101. The Balaban J connectivity index is 1.41. The van der Waals surface area contributed by atoms with Gasteiger partial charge < -0.3 is 68.5 Å². The lowest BCUT2D eigenvalue weighted by Crippen LogP contribution is -2.59. The molecule has 5 rings (SSSR count). The number of aliphatic hydroxyl groups is 5. The average molecular weight is 1060 g/mol. The molecule has 2 aromatic rings. The molecule has 5 N–H and O–H groups in total. The van der Waals surface area contributed by atoms with E-state index in [1.807, 2.05) is 62.0 Å². The lowest BCUT2D eigenvalue weighted by Gasteiger charge is -2.47. The molecule has 19 atom stereocenters. The molecule has 3 fully saturated rings. The Hall–Kier alpha value is -2.41. The number of benzene rings is 1. The van der Waals surface area contributed by atoms with E-state index in [0.29, 0.717) is 36.9 Å². The Morgan fingerprint density at radius 2 is 1.64 bits per heavy atom. The summed E-state index contributed by atoms with van der Waals surface area (Å²) in [5, 5.41) is 68.6. The minimum atomic E-state index is -1.84. The number of cyclic esters (lactones) is 1. The van der Waals surface area contributed by atoms with E-state index >= 15 is 0 Å². The van der Waals surface area contributed by atoms with E-state index in [1.165, 1.54) is 18.7 Å². The number of rotatable bonds is 17. The number of halogens is 1. The highest BCUT2D eigenvalue weighted by molar-refractivity contribution is 7.99. The maximum absolute atomic E-state index is 14.8. The summed E-state index contributed by atoms with van der Waals surface area (Å²) in [6.45, 7) is 20.0. The molecule has 20 heteroatoms. The summed E-state index contributed by atoms with van der Waals surface area (Å²) in [5.41, 5.74) is -3.08. The molecule has 18 nitrogen and oxygen atoms in total. The summed E-state index contributed by atoms with van der Waals surface area (Å²) in [6.07, 6.45) is -7.76. The van der Waals surface area contributed by atoms with Crippen LogP contribution in [0.15, 0.2) is 35.4 Å². The number of hydrogen-bond acceptors (Lipinski definition) is 18. The van der Waals surface area contributed by atoms with E-state index in [4.69, 9.17) is 33.2 Å². The number of thioether (sulfide) groups is 1. The average Bonchev–Trinajstić information content (AvgIpc) is 3.80. The van der Waals surface area contributed by atoms with Gasteiger partial charge >= 0.3 is 5.97 Å². The number of nitrogens with zero attached hydrogens (tertiary/aromatic N) is 5. The van der Waals surface area contributed by atoms with Crippen LogP contribution in [0.3, 0.4) is 0 Å². The van der Waals surface area contributed by atoms with Crippen molar-refractivity contribution in [2.45, 2.75) is 227 Å². The van der Waals surface area contributed by atoms with Crippen LogP contribution in [0.1, 0.15) is 132 Å². The van der Waals surface area contributed by atoms with Crippen LogP contribution < -0.4 is 0 Å². The van der Waals surface area contributed by atoms with Crippen LogP contribution in [0.25, 0.3) is 0 Å². The lowest BCUT2D eigenvalue weighted by molar-refractivity contribution is -0.308. The van der Waals surface area contributed by atoms with Gasteiger partial charge in [-0.25, -0.2) is 9.07 Å². The van der Waals surface area contributed by atoms with Gasteiger partial charge in [-0.05, 0) is 105 Å². The van der Waals surface area contributed by atoms with Gasteiger partial charge in [-0.15, -0.1) is 16.9 Å². The van der Waals surface area contributed by atoms with Crippen molar-refractivity contribution in [1.82, 2.24) is 24.8 Å². The summed E-state index contributed by atoms with van der Waals surface area (Å²) >= 11 is 1.75. The molecule has 3 saturated heterocycles. The molecule has 0 unspecified atom stereocenters. The van der Waals surface area contributed by atoms with Gasteiger partial charge in [-0.3, -0.25) is 4.79 Å². The van der Waals surface area contributed by atoms with Gasteiger partial charge in [0.05, 0.1) is 47.2 Å². The van der Waals surface area contributed by atoms with Crippen molar-refractivity contribution in [1.29, 1.82) is 0 Å². The molecule has 0 amide bonds. The number of aromatic nitrogens is 3. The van der Waals surface area contributed by atoms with Gasteiger partial charge in [0.2, 0.25) is 0 Å². The molecule has 4 heterocycles. The van der Waals surface area contributed by atoms with Crippen molar-refractivity contribution in [2.75, 3.05) is 48.1 Å². The molecule has 0 radical (unpaired) electrons. The van der Waals surface area contributed by atoms with E-state index in [1.54, 1.807) is 66.6 Å². The lowest BCUT2D eigenvalue weighted by atomic mass is 9.83. The largest absolute Gasteiger partial charge is 0.459 e. The van der Waals surface area contributed by atoms with Crippen molar-refractivity contribution < 1.29 is 67.9 Å². The first-order valence-corrected chi connectivity index (χ1v) is 27.1. The third-order valence-electron chi connectivity index (χ3n) is 15.7. The summed E-state index contributed by atoms with van der Waals surface area (Å²) < 4.78 is 60.1. The first kappa shape index (κ1) is 61.4. The van der Waals surface area contributed by atoms with Crippen molar-refractivity contribution >= 4 is 17.7 Å². The number of aliphatic hydroxyl groups excluding tert-OH is 3. The van der Waals surface area contributed by atoms with Gasteiger partial charge in [0, 0.05) is 75.0 Å². The predicted molar refractivity (Wildman–Crippen MR) is 274 cm³/mol. The highest BCUT2D eigenvalue weighted by Gasteiger charge is 2.51. The minimum absolute atomic E-state index is 0.0950. The fourth-order valence-corrected chi connectivity index (χ4v) is 11.8. The monoisotopic (exact) mass is 1060 g/mol. The molecule has 418 valence electrons. The molecule has 1 aromatic carbocycles. The van der Waals surface area contributed by atoms with Crippen LogP contribution in [0.2, 0.25) is 0 Å². The van der Waals surface area contributed by atoms with Crippen molar-refractivity contribution in [3.05, 3.63) is 41.7 Å². The third kappa shape index (κ3) is 15.2. The van der Waals surface area contributed by atoms with Crippen LogP contribution in [0.5, 0.6) is 0 Å². The smallest absolute Gasteiger partial charge is 0.311 e. The number of likely N-dealkylation sites (N-methyl/N-ethyl adjacent to an activating group) is 2. The number of carbonyl (C=O) groups excluding carboxylic acids is 1. The molecule has 0 spiro atoms. The zero-order valence-corrected chi connectivity index (χ0v) is 46.9. The standard InChI is InChI=1S/C53H90FN5O13S/c1-16-42-53(11,65)47(61)34(7)58(13)28-31(4)25-51(9,64)43(24-41(33(6)49(63)71-42)70-44-26-52(10,67-15)48(62)35(8)69-44)72-50-45(60)39(23-32(5)68-50)57(12)22-21-37-29-59(56-55-37)40(27-54)46(66-14)36-17-19-38(20-18-36)73-30(2)3/h17-20,29-35,39-48,50,60-62,64-65H,16,21-28H2,1-15H3/t31-,32-,33-,34-,35+,39+,40-,41+,42-,43-,44+,45-,46-,47-,48+,50+,51-,52-,53-/m1/s1. The van der Waals surface area contributed by atoms with E-state index in [0.717, 1.165) is 10.5 Å². The normalized spacial score (nSPS) is 38.7. The van der Waals surface area contributed by atoms with Crippen LogP contribution in [0.4, 0.5) is 4.39 Å². The Morgan fingerprint density at radius 1 is 0.973 bits per heavy atom. The number of hydrogen-bond donors (Lipinski definition) is 5. The number of methoxy groups -OCH3 is 2. The Bertz CT molecular complexity index is 2000. The maximum Gasteiger partial charge on any atom is 0.311 e. The minimum Gasteiger partial charge on any atom is -0.459 e. The van der Waals surface area contributed by atoms with Crippen molar-refractivity contribution in [3.63, 3.8) is 0 Å². The van der Waals surface area contributed by atoms with Crippen molar-refractivity contribution in [2.24, 2.45) is 11.8 Å². The zero-order chi connectivity index (χ0) is 54.3. The fourth-order valence-electron chi connectivity index (χ4n) is 10.9. The van der Waals surface area contributed by atoms with Crippen LogP contribution in [-0.4, -0.2) is 200 Å². The number of alkyl halides is 1. The summed E-state index contributed by atoms with van der Waals surface area (Å²) in [5.74, 6) is -1.98. The van der Waals surface area contributed by atoms with E-state index in [-0.39, 0.29) is 31.6 Å². The molecule has 3 aliphatic heterocycles. The summed E-state index contributed by atoms with van der Waals surface area (Å²) in [7, 11) is 6.77. The maximum atomic E-state index is 14.8. The molecule has 73 heavy (non-hydrogen) atoms. The second-order valence-corrected chi connectivity index (χ2v) is 23.9. The first-order valence-electron chi connectivity index (χ1n) is 26.2.